The third kappa shape index (κ3) is 3.60. The maximum absolute atomic E-state index is 4.29. The van der Waals surface area contributed by atoms with Crippen LogP contribution >= 0.6 is 0 Å². The first-order valence-electron chi connectivity index (χ1n) is 12.0. The number of hydrogen-bond donors (Lipinski definition) is 1. The molecule has 36 heavy (non-hydrogen) atoms. The summed E-state index contributed by atoms with van der Waals surface area (Å²) in [5.41, 5.74) is 7.35. The predicted molar refractivity (Wildman–Crippen MR) is 143 cm³/mol. The highest BCUT2D eigenvalue weighted by atomic mass is 15.5. The molecule has 4 nitrogen and oxygen atoms in total. The minimum Gasteiger partial charge on any atom is -0.177 e. The summed E-state index contributed by atoms with van der Waals surface area (Å²) in [5, 5.41) is 15.0. The normalized spacial score (nSPS) is 11.3. The lowest BCUT2D eigenvalue weighted by atomic mass is 9.63. The molecule has 1 N–H and O–H groups in total. The fraction of sp³-hybridized carbons (Fsp3) is 0.0312. The van der Waals surface area contributed by atoms with Crippen molar-refractivity contribution in [1.29, 1.82) is 0 Å². The molecule has 4 heteroatoms. The lowest BCUT2D eigenvalue weighted by molar-refractivity contribution is 0.747. The monoisotopic (exact) mass is 464 g/mol. The first-order chi connectivity index (χ1) is 17.9. The average Bonchev–Trinajstić information content (AvgIpc) is 3.51. The number of nitrogens with zero attached hydrogens (tertiary/aromatic N) is 3. The molecule has 172 valence electrons. The minimum atomic E-state index is -0.551. The molecule has 0 radical (unpaired) electrons. The van der Waals surface area contributed by atoms with Gasteiger partial charge < -0.3 is 0 Å². The zero-order valence-corrected chi connectivity index (χ0v) is 19.6. The molecule has 0 atom stereocenters. The Morgan fingerprint density at radius 2 is 0.889 bits per heavy atom. The first-order valence-corrected chi connectivity index (χ1v) is 12.0. The molecule has 0 aliphatic carbocycles. The van der Waals surface area contributed by atoms with Crippen molar-refractivity contribution in [3.63, 3.8) is 0 Å². The Morgan fingerprint density at radius 3 is 1.39 bits per heavy atom. The van der Waals surface area contributed by atoms with Gasteiger partial charge in [-0.3, -0.25) is 0 Å². The summed E-state index contributed by atoms with van der Waals surface area (Å²) in [4.78, 5) is 0. The van der Waals surface area contributed by atoms with Crippen molar-refractivity contribution >= 4 is 0 Å². The second kappa shape index (κ2) is 9.43. The highest BCUT2D eigenvalue weighted by Gasteiger charge is 2.40. The van der Waals surface area contributed by atoms with Gasteiger partial charge in [-0.05, 0) is 38.6 Å². The van der Waals surface area contributed by atoms with E-state index in [1.807, 2.05) is 12.1 Å². The van der Waals surface area contributed by atoms with E-state index in [1.54, 1.807) is 0 Å². The lowest BCUT2D eigenvalue weighted by Gasteiger charge is -2.38. The Hall–Kier alpha value is -4.83. The third-order valence-electron chi connectivity index (χ3n) is 6.75. The Labute approximate surface area is 210 Å². The van der Waals surface area contributed by atoms with Crippen LogP contribution in [0.2, 0.25) is 0 Å². The molecule has 0 fully saturated rings. The Morgan fingerprint density at radius 1 is 0.444 bits per heavy atom. The topological polar surface area (TPSA) is 54.5 Å². The fourth-order valence-corrected chi connectivity index (χ4v) is 5.26. The summed E-state index contributed by atoms with van der Waals surface area (Å²) in [7, 11) is 0. The Bertz CT molecular complexity index is 1460. The van der Waals surface area contributed by atoms with Gasteiger partial charge in [-0.15, -0.1) is 10.2 Å². The van der Waals surface area contributed by atoms with Crippen LogP contribution in [0, 0.1) is 0 Å². The van der Waals surface area contributed by atoms with E-state index in [0.717, 1.165) is 16.7 Å². The number of benzene rings is 5. The van der Waals surface area contributed by atoms with E-state index in [0.29, 0.717) is 5.82 Å². The number of H-pyrrole nitrogens is 1. The van der Waals surface area contributed by atoms with Gasteiger partial charge >= 0.3 is 0 Å². The molecular formula is C32H24N4. The molecule has 1 aromatic heterocycles. The highest BCUT2D eigenvalue weighted by molar-refractivity contribution is 5.84. The molecule has 6 rings (SSSR count). The van der Waals surface area contributed by atoms with Crippen molar-refractivity contribution in [2.24, 2.45) is 0 Å². The van der Waals surface area contributed by atoms with Gasteiger partial charge in [0.2, 0.25) is 5.82 Å². The minimum absolute atomic E-state index is 0.551. The number of aromatic nitrogens is 4. The second-order valence-electron chi connectivity index (χ2n) is 8.67. The van der Waals surface area contributed by atoms with Crippen molar-refractivity contribution in [2.45, 2.75) is 5.41 Å². The second-order valence-corrected chi connectivity index (χ2v) is 8.67. The summed E-state index contributed by atoms with van der Waals surface area (Å²) < 4.78 is 0. The van der Waals surface area contributed by atoms with Gasteiger partial charge in [0, 0.05) is 5.56 Å². The molecule has 0 unspecified atom stereocenters. The Balaban J connectivity index is 1.74. The van der Waals surface area contributed by atoms with Crippen LogP contribution in [0.5, 0.6) is 0 Å². The quantitative estimate of drug-likeness (QED) is 0.272. The molecule has 6 aromatic rings. The van der Waals surface area contributed by atoms with Crippen LogP contribution in [-0.2, 0) is 5.41 Å². The van der Waals surface area contributed by atoms with Crippen LogP contribution in [0.25, 0.3) is 22.5 Å². The summed E-state index contributed by atoms with van der Waals surface area (Å²) >= 11 is 0. The molecule has 0 aliphatic heterocycles. The maximum atomic E-state index is 4.29. The van der Waals surface area contributed by atoms with E-state index in [4.69, 9.17) is 0 Å². The lowest BCUT2D eigenvalue weighted by Crippen LogP contribution is -2.31. The summed E-state index contributed by atoms with van der Waals surface area (Å²) in [6.45, 7) is 0. The number of nitrogens with one attached hydrogen (secondary N) is 1. The van der Waals surface area contributed by atoms with Gasteiger partial charge in [0.05, 0.1) is 5.41 Å². The largest absolute Gasteiger partial charge is 0.205 e. The summed E-state index contributed by atoms with van der Waals surface area (Å²) in [6.07, 6.45) is 0. The number of tetrazole rings is 1. The van der Waals surface area contributed by atoms with Crippen LogP contribution in [0.4, 0.5) is 0 Å². The molecule has 0 spiro atoms. The fourth-order valence-electron chi connectivity index (χ4n) is 5.26. The Kier molecular flexibility index (Phi) is 5.68. The van der Waals surface area contributed by atoms with Crippen molar-refractivity contribution < 1.29 is 0 Å². The predicted octanol–water partition coefficient (Wildman–Crippen LogP) is 6.92. The molecule has 0 amide bonds. The smallest absolute Gasteiger partial charge is 0.177 e. The van der Waals surface area contributed by atoms with Crippen molar-refractivity contribution in [3.8, 4) is 22.5 Å². The van der Waals surface area contributed by atoms with Crippen LogP contribution in [0.1, 0.15) is 22.3 Å². The zero-order chi connectivity index (χ0) is 24.2. The first kappa shape index (κ1) is 21.7. The van der Waals surface area contributed by atoms with E-state index in [-0.39, 0.29) is 0 Å². The molecule has 1 heterocycles. The third-order valence-corrected chi connectivity index (χ3v) is 6.75. The molecule has 0 aliphatic rings. The van der Waals surface area contributed by atoms with E-state index >= 15 is 0 Å². The van der Waals surface area contributed by atoms with Gasteiger partial charge in [-0.1, -0.05) is 140 Å². The van der Waals surface area contributed by atoms with Crippen LogP contribution in [0.3, 0.4) is 0 Å². The molecule has 0 saturated heterocycles. The zero-order valence-electron chi connectivity index (χ0n) is 19.6. The summed E-state index contributed by atoms with van der Waals surface area (Å²) in [5.74, 6) is 0.574. The van der Waals surface area contributed by atoms with Crippen molar-refractivity contribution in [2.75, 3.05) is 0 Å². The van der Waals surface area contributed by atoms with Crippen LogP contribution in [0.15, 0.2) is 140 Å². The standard InChI is InChI=1S/C32H24N4/c1-4-14-24(15-5-1)32(25-16-6-2-7-17-25,26-18-8-3-9-19-26)30-23-13-12-21-28(30)27-20-10-11-22-29(27)31-33-35-36-34-31/h1-23H,(H,33,34,35,36). The van der Waals surface area contributed by atoms with Crippen LogP contribution in [-0.4, -0.2) is 20.6 Å². The van der Waals surface area contributed by atoms with Crippen molar-refractivity contribution in [1.82, 2.24) is 20.6 Å². The van der Waals surface area contributed by atoms with Gasteiger partial charge in [-0.25, -0.2) is 0 Å². The van der Waals surface area contributed by atoms with E-state index in [9.17, 15) is 0 Å². The van der Waals surface area contributed by atoms with Gasteiger partial charge in [0.1, 0.15) is 0 Å². The van der Waals surface area contributed by atoms with E-state index in [2.05, 4.69) is 148 Å². The van der Waals surface area contributed by atoms with Crippen molar-refractivity contribution in [3.05, 3.63) is 162 Å². The number of rotatable bonds is 6. The van der Waals surface area contributed by atoms with Gasteiger partial charge in [-0.2, -0.15) is 5.21 Å². The van der Waals surface area contributed by atoms with Gasteiger partial charge in [0.25, 0.3) is 0 Å². The molecule has 5 aromatic carbocycles. The molecular weight excluding hydrogens is 440 g/mol. The molecule has 0 bridgehead atoms. The number of aromatic amines is 1. The SMILES string of the molecule is c1ccc(C(c2ccccc2)(c2ccccc2)c2ccccc2-c2ccccc2-c2nn[nH]n2)cc1. The summed E-state index contributed by atoms with van der Waals surface area (Å²) in [6, 6.07) is 49.2. The molecule has 0 saturated carbocycles. The van der Waals surface area contributed by atoms with Crippen LogP contribution < -0.4 is 0 Å². The highest BCUT2D eigenvalue weighted by Crippen LogP contribution is 2.49. The van der Waals surface area contributed by atoms with Gasteiger partial charge in [0.15, 0.2) is 0 Å². The average molecular weight is 465 g/mol. The van der Waals surface area contributed by atoms with E-state index in [1.165, 1.54) is 22.3 Å². The van der Waals surface area contributed by atoms with E-state index < -0.39 is 5.41 Å². The number of hydrogen-bond acceptors (Lipinski definition) is 3. The maximum Gasteiger partial charge on any atom is 0.205 e.